The lowest BCUT2D eigenvalue weighted by Crippen LogP contribution is -2.05. The first-order valence-corrected chi connectivity index (χ1v) is 6.81. The molecule has 102 valence electrons. The Hall–Kier alpha value is -2.81. The zero-order chi connectivity index (χ0) is 14.5. The Morgan fingerprint density at radius 2 is 1.67 bits per heavy atom. The summed E-state index contributed by atoms with van der Waals surface area (Å²) in [5, 5.41) is 0. The first kappa shape index (κ1) is 13.2. The number of hydrogen-bond donors (Lipinski definition) is 0. The molecule has 0 saturated heterocycles. The molecule has 2 aromatic carbocycles. The van der Waals surface area contributed by atoms with E-state index in [1.54, 1.807) is 18.6 Å². The van der Waals surface area contributed by atoms with Crippen molar-refractivity contribution < 1.29 is 0 Å². The lowest BCUT2D eigenvalue weighted by Gasteiger charge is -2.10. The van der Waals surface area contributed by atoms with Gasteiger partial charge >= 0.3 is 0 Å². The number of hydrogen-bond acceptors (Lipinski definition) is 3. The van der Waals surface area contributed by atoms with E-state index in [0.29, 0.717) is 5.82 Å². The molecule has 0 aliphatic carbocycles. The van der Waals surface area contributed by atoms with Crippen LogP contribution in [0.1, 0.15) is 16.7 Å². The van der Waals surface area contributed by atoms with Gasteiger partial charge in [-0.15, -0.1) is 0 Å². The van der Waals surface area contributed by atoms with Gasteiger partial charge in [-0.1, -0.05) is 54.6 Å². The smallest absolute Gasteiger partial charge is 0.171 e. The van der Waals surface area contributed by atoms with E-state index in [1.165, 1.54) is 5.56 Å². The van der Waals surface area contributed by atoms with Crippen LogP contribution in [0.3, 0.4) is 0 Å². The Morgan fingerprint density at radius 1 is 0.905 bits per heavy atom. The predicted molar refractivity (Wildman–Crippen MR) is 85.0 cm³/mol. The molecule has 0 fully saturated rings. The molecule has 3 rings (SSSR count). The van der Waals surface area contributed by atoms with Gasteiger partial charge in [0.1, 0.15) is 0 Å². The minimum Gasteiger partial charge on any atom is -0.259 e. The Balaban J connectivity index is 2.17. The molecule has 0 saturated carbocycles. The molecule has 3 nitrogen and oxygen atoms in total. The lowest BCUT2D eigenvalue weighted by atomic mass is 9.98. The molecule has 0 bridgehead atoms. The van der Waals surface area contributed by atoms with Crippen molar-refractivity contribution in [3.05, 3.63) is 89.9 Å². The van der Waals surface area contributed by atoms with E-state index < -0.39 is 0 Å². The Labute approximate surface area is 124 Å². The standard InChI is InChI=1S/C18H15N3/c1-14-7-5-6-10-16(14)18(15-8-3-2-4-9-15)21-17-13-19-11-12-20-17/h2-13H,1H3. The molecule has 0 aliphatic rings. The second-order valence-corrected chi connectivity index (χ2v) is 4.70. The molecule has 0 spiro atoms. The molecule has 0 atom stereocenters. The number of nitrogens with zero attached hydrogens (tertiary/aromatic N) is 3. The van der Waals surface area contributed by atoms with Crippen LogP contribution in [-0.2, 0) is 0 Å². The fourth-order valence-electron chi connectivity index (χ4n) is 2.18. The van der Waals surface area contributed by atoms with Crippen molar-refractivity contribution in [1.29, 1.82) is 0 Å². The third-order valence-electron chi connectivity index (χ3n) is 3.22. The van der Waals surface area contributed by atoms with Crippen LogP contribution in [0.15, 0.2) is 78.2 Å². The fraction of sp³-hybridized carbons (Fsp3) is 0.0556. The minimum absolute atomic E-state index is 0.611. The molecule has 1 heterocycles. The number of aromatic nitrogens is 2. The third kappa shape index (κ3) is 3.03. The van der Waals surface area contributed by atoms with E-state index in [1.807, 2.05) is 30.3 Å². The maximum Gasteiger partial charge on any atom is 0.171 e. The van der Waals surface area contributed by atoms with Gasteiger partial charge in [0.05, 0.1) is 11.9 Å². The van der Waals surface area contributed by atoms with Crippen LogP contribution in [0, 0.1) is 6.92 Å². The number of aliphatic imine (C=N–C) groups is 1. The van der Waals surface area contributed by atoms with Crippen LogP contribution in [0.5, 0.6) is 0 Å². The summed E-state index contributed by atoms with van der Waals surface area (Å²) in [6.07, 6.45) is 4.97. The van der Waals surface area contributed by atoms with Gasteiger partial charge < -0.3 is 0 Å². The molecule has 1 aromatic heterocycles. The lowest BCUT2D eigenvalue weighted by molar-refractivity contribution is 1.17. The number of aryl methyl sites for hydroxylation is 1. The number of benzene rings is 2. The number of rotatable bonds is 3. The molecule has 3 aromatic rings. The summed E-state index contributed by atoms with van der Waals surface area (Å²) in [6, 6.07) is 18.4. The highest BCUT2D eigenvalue weighted by atomic mass is 14.9. The van der Waals surface area contributed by atoms with Gasteiger partial charge in [-0.3, -0.25) is 4.98 Å². The molecule has 21 heavy (non-hydrogen) atoms. The molecule has 0 radical (unpaired) electrons. The molecule has 0 unspecified atom stereocenters. The molecule has 0 N–H and O–H groups in total. The van der Waals surface area contributed by atoms with Gasteiger partial charge in [-0.05, 0) is 12.5 Å². The van der Waals surface area contributed by atoms with Crippen molar-refractivity contribution in [3.8, 4) is 0 Å². The Bertz CT molecular complexity index is 750. The van der Waals surface area contributed by atoms with Gasteiger partial charge in [-0.2, -0.15) is 0 Å². The van der Waals surface area contributed by atoms with Crippen molar-refractivity contribution in [2.24, 2.45) is 4.99 Å². The van der Waals surface area contributed by atoms with Crippen LogP contribution in [0.4, 0.5) is 5.82 Å². The maximum absolute atomic E-state index is 4.70. The molecular weight excluding hydrogens is 258 g/mol. The topological polar surface area (TPSA) is 38.1 Å². The predicted octanol–water partition coefficient (Wildman–Crippen LogP) is 3.95. The van der Waals surface area contributed by atoms with Crippen molar-refractivity contribution in [2.75, 3.05) is 0 Å². The van der Waals surface area contributed by atoms with Crippen LogP contribution in [-0.4, -0.2) is 15.7 Å². The zero-order valence-corrected chi connectivity index (χ0v) is 11.8. The second kappa shape index (κ2) is 6.09. The average Bonchev–Trinajstić information content (AvgIpc) is 2.55. The quantitative estimate of drug-likeness (QED) is 0.678. The molecule has 3 heteroatoms. The first-order valence-electron chi connectivity index (χ1n) is 6.81. The summed E-state index contributed by atoms with van der Waals surface area (Å²) in [7, 11) is 0. The van der Waals surface area contributed by atoms with Crippen molar-refractivity contribution in [1.82, 2.24) is 9.97 Å². The van der Waals surface area contributed by atoms with E-state index in [-0.39, 0.29) is 0 Å². The average molecular weight is 273 g/mol. The highest BCUT2D eigenvalue weighted by Crippen LogP contribution is 2.18. The largest absolute Gasteiger partial charge is 0.259 e. The van der Waals surface area contributed by atoms with E-state index in [4.69, 9.17) is 4.99 Å². The van der Waals surface area contributed by atoms with E-state index in [0.717, 1.165) is 16.8 Å². The van der Waals surface area contributed by atoms with Gasteiger partial charge in [0.2, 0.25) is 0 Å². The van der Waals surface area contributed by atoms with Crippen LogP contribution in [0.2, 0.25) is 0 Å². The summed E-state index contributed by atoms with van der Waals surface area (Å²) < 4.78 is 0. The Kier molecular flexibility index (Phi) is 3.83. The highest BCUT2D eigenvalue weighted by Gasteiger charge is 2.09. The van der Waals surface area contributed by atoms with Gasteiger partial charge in [0, 0.05) is 23.5 Å². The second-order valence-electron chi connectivity index (χ2n) is 4.70. The third-order valence-corrected chi connectivity index (χ3v) is 3.22. The summed E-state index contributed by atoms with van der Waals surface area (Å²) in [6.45, 7) is 2.09. The normalized spacial score (nSPS) is 11.4. The monoisotopic (exact) mass is 273 g/mol. The van der Waals surface area contributed by atoms with Crippen molar-refractivity contribution >= 4 is 11.5 Å². The van der Waals surface area contributed by atoms with Crippen molar-refractivity contribution in [3.63, 3.8) is 0 Å². The Morgan fingerprint density at radius 3 is 2.38 bits per heavy atom. The maximum atomic E-state index is 4.70. The van der Waals surface area contributed by atoms with Crippen LogP contribution < -0.4 is 0 Å². The zero-order valence-electron chi connectivity index (χ0n) is 11.8. The van der Waals surface area contributed by atoms with Gasteiger partial charge in [-0.25, -0.2) is 9.98 Å². The highest BCUT2D eigenvalue weighted by molar-refractivity contribution is 6.14. The van der Waals surface area contributed by atoms with E-state index in [9.17, 15) is 0 Å². The summed E-state index contributed by atoms with van der Waals surface area (Å²) in [5.41, 5.74) is 4.27. The molecule has 0 amide bonds. The summed E-state index contributed by atoms with van der Waals surface area (Å²) >= 11 is 0. The first-order chi connectivity index (χ1) is 10.3. The molecular formula is C18H15N3. The van der Waals surface area contributed by atoms with Crippen molar-refractivity contribution in [2.45, 2.75) is 6.92 Å². The van der Waals surface area contributed by atoms with Crippen LogP contribution >= 0.6 is 0 Å². The SMILES string of the molecule is Cc1ccccc1C(=Nc1cnccn1)c1ccccc1. The molecule has 0 aliphatic heterocycles. The minimum atomic E-state index is 0.611. The fourth-order valence-corrected chi connectivity index (χ4v) is 2.18. The summed E-state index contributed by atoms with van der Waals surface area (Å²) in [5.74, 6) is 0.611. The van der Waals surface area contributed by atoms with Gasteiger partial charge in [0.15, 0.2) is 5.82 Å². The summed E-state index contributed by atoms with van der Waals surface area (Å²) in [4.78, 5) is 13.0. The van der Waals surface area contributed by atoms with Crippen LogP contribution in [0.25, 0.3) is 0 Å². The van der Waals surface area contributed by atoms with E-state index >= 15 is 0 Å². The van der Waals surface area contributed by atoms with E-state index in [2.05, 4.69) is 41.2 Å². The van der Waals surface area contributed by atoms with Gasteiger partial charge in [0.25, 0.3) is 0 Å².